The first-order valence-corrected chi connectivity index (χ1v) is 30.9. The van der Waals surface area contributed by atoms with Crippen LogP contribution in [0.5, 0.6) is 0 Å². The van der Waals surface area contributed by atoms with Gasteiger partial charge in [0.2, 0.25) is 0 Å². The Morgan fingerprint density at radius 3 is 1.13 bits per heavy atom. The molecule has 1 unspecified atom stereocenters. The van der Waals surface area contributed by atoms with Crippen molar-refractivity contribution in [2.24, 2.45) is 0 Å². The van der Waals surface area contributed by atoms with Crippen LogP contribution in [0.4, 0.5) is 0 Å². The van der Waals surface area contributed by atoms with Gasteiger partial charge in [0.15, 0.2) is 6.10 Å². The molecule has 0 aromatic heterocycles. The fraction of sp³-hybridized carbons (Fsp3) is 0.833. The zero-order valence-electron chi connectivity index (χ0n) is 46.5. The summed E-state index contributed by atoms with van der Waals surface area (Å²) in [6, 6.07) is 0. The number of rotatable bonds is 54. The molecule has 0 radical (unpaired) electrons. The van der Waals surface area contributed by atoms with Gasteiger partial charge in [0.1, 0.15) is 19.8 Å². The van der Waals surface area contributed by atoms with E-state index in [1.165, 1.54) is 180 Å². The molecule has 0 aliphatic heterocycles. The van der Waals surface area contributed by atoms with Crippen molar-refractivity contribution in [3.05, 3.63) is 48.6 Å². The molecule has 2 atom stereocenters. The third-order valence-electron chi connectivity index (χ3n) is 12.8. The normalized spacial score (nSPS) is 13.6. The minimum absolute atomic E-state index is 0.0203. The van der Waals surface area contributed by atoms with Crippen molar-refractivity contribution in [3.63, 3.8) is 0 Å². The quantitative estimate of drug-likeness (QED) is 0.0211. The van der Waals surface area contributed by atoms with E-state index in [2.05, 4.69) is 62.5 Å². The summed E-state index contributed by atoms with van der Waals surface area (Å²) in [5.74, 6) is -0.866. The molecule has 0 saturated heterocycles. The highest BCUT2D eigenvalue weighted by molar-refractivity contribution is 7.47. The van der Waals surface area contributed by atoms with Crippen LogP contribution in [0.1, 0.15) is 271 Å². The molecular weight excluding hydrogens is 894 g/mol. The second-order valence-corrected chi connectivity index (χ2v) is 22.5. The number of allylic oxidation sites excluding steroid dienone is 8. The Labute approximate surface area is 433 Å². The molecule has 0 aliphatic carbocycles. The number of carbonyl (C=O) groups excluding carboxylic acids is 2. The van der Waals surface area contributed by atoms with Crippen LogP contribution in [0.2, 0.25) is 0 Å². The average molecular weight is 1010 g/mol. The summed E-state index contributed by atoms with van der Waals surface area (Å²) >= 11 is 0. The molecule has 0 aromatic rings. The van der Waals surface area contributed by atoms with E-state index in [-0.39, 0.29) is 26.1 Å². The molecule has 410 valence electrons. The van der Waals surface area contributed by atoms with Crippen LogP contribution < -0.4 is 0 Å². The van der Waals surface area contributed by atoms with Crippen LogP contribution in [-0.2, 0) is 32.7 Å². The van der Waals surface area contributed by atoms with Crippen molar-refractivity contribution in [1.29, 1.82) is 0 Å². The number of phosphoric acid groups is 1. The SMILES string of the molecule is CCCCCCCCCCCCCCCC/C=C/C/C=C/CCCCC(=O)OC[C@H](COP(=O)(O)OCC[N+](C)(C)C)OC(=O)CCCC/C=C/C/C=C/CCCCCCCCCCCCCCCC. The van der Waals surface area contributed by atoms with Gasteiger partial charge in [-0.05, 0) is 77.0 Å². The topological polar surface area (TPSA) is 108 Å². The van der Waals surface area contributed by atoms with E-state index in [1.54, 1.807) is 0 Å². The zero-order valence-corrected chi connectivity index (χ0v) is 47.4. The lowest BCUT2D eigenvalue weighted by atomic mass is 10.0. The van der Waals surface area contributed by atoms with Gasteiger partial charge in [-0.3, -0.25) is 18.6 Å². The fourth-order valence-electron chi connectivity index (χ4n) is 8.25. The van der Waals surface area contributed by atoms with E-state index in [4.69, 9.17) is 18.5 Å². The van der Waals surface area contributed by atoms with Crippen LogP contribution >= 0.6 is 7.82 Å². The molecule has 70 heavy (non-hydrogen) atoms. The van der Waals surface area contributed by atoms with Crippen molar-refractivity contribution in [2.75, 3.05) is 47.5 Å². The Morgan fingerprint density at radius 2 is 0.771 bits per heavy atom. The number of likely N-dealkylation sites (N-methyl/N-ethyl adjacent to an activating group) is 1. The van der Waals surface area contributed by atoms with E-state index < -0.39 is 32.5 Å². The highest BCUT2D eigenvalue weighted by Gasteiger charge is 2.27. The van der Waals surface area contributed by atoms with Crippen LogP contribution in [-0.4, -0.2) is 74.9 Å². The first-order valence-electron chi connectivity index (χ1n) is 29.4. The standard InChI is InChI=1S/C60H112NO8P/c1-6-8-10-12-14-16-18-20-22-24-26-28-30-32-34-36-38-40-42-44-46-48-50-52-59(62)66-56-58(57-68-70(64,65)67-55-54-61(3,4)5)69-60(63)53-51-49-47-45-43-41-39-37-35-33-31-29-27-25-23-21-19-17-15-13-11-9-7-2/h36-39,42-45,58H,6-35,40-41,46-57H2,1-5H3/p+1/b38-36+,39-37+,44-42+,45-43+/t58-/m1/s1. The number of hydrogen-bond acceptors (Lipinski definition) is 7. The number of esters is 2. The second kappa shape index (κ2) is 51.9. The van der Waals surface area contributed by atoms with Crippen LogP contribution in [0.3, 0.4) is 0 Å². The predicted molar refractivity (Wildman–Crippen MR) is 298 cm³/mol. The number of phosphoric ester groups is 1. The minimum atomic E-state index is -4.40. The van der Waals surface area contributed by atoms with Crippen molar-refractivity contribution >= 4 is 19.8 Å². The van der Waals surface area contributed by atoms with Gasteiger partial charge in [0.05, 0.1) is 27.7 Å². The number of hydrogen-bond donors (Lipinski definition) is 1. The summed E-state index contributed by atoms with van der Waals surface area (Å²) in [7, 11) is 1.44. The molecule has 0 amide bonds. The van der Waals surface area contributed by atoms with Crippen molar-refractivity contribution in [2.45, 2.75) is 277 Å². The van der Waals surface area contributed by atoms with E-state index >= 15 is 0 Å². The maximum atomic E-state index is 12.8. The molecule has 10 heteroatoms. The Bertz CT molecular complexity index is 1320. The number of carbonyl (C=O) groups is 2. The molecule has 1 N–H and O–H groups in total. The van der Waals surface area contributed by atoms with Gasteiger partial charge in [0, 0.05) is 12.8 Å². The third kappa shape index (κ3) is 55.3. The Balaban J connectivity index is 4.25. The molecule has 0 spiro atoms. The number of quaternary nitrogens is 1. The highest BCUT2D eigenvalue weighted by Crippen LogP contribution is 2.43. The van der Waals surface area contributed by atoms with Crippen molar-refractivity contribution in [3.8, 4) is 0 Å². The molecular formula is C60H113NO8P+. The second-order valence-electron chi connectivity index (χ2n) is 21.0. The zero-order chi connectivity index (χ0) is 51.3. The maximum Gasteiger partial charge on any atom is 0.472 e. The van der Waals surface area contributed by atoms with Crippen LogP contribution in [0.25, 0.3) is 0 Å². The molecule has 0 aromatic carbocycles. The first kappa shape index (κ1) is 68.0. The number of ether oxygens (including phenoxy) is 2. The third-order valence-corrected chi connectivity index (χ3v) is 13.8. The summed E-state index contributed by atoms with van der Waals surface area (Å²) in [6.45, 7) is 4.40. The summed E-state index contributed by atoms with van der Waals surface area (Å²) in [5.41, 5.74) is 0. The summed E-state index contributed by atoms with van der Waals surface area (Å²) in [5, 5.41) is 0. The molecule has 0 heterocycles. The Hall–Kier alpha value is -2.03. The van der Waals surface area contributed by atoms with Gasteiger partial charge < -0.3 is 18.9 Å². The van der Waals surface area contributed by atoms with E-state index in [1.807, 2.05) is 21.1 Å². The van der Waals surface area contributed by atoms with E-state index in [9.17, 15) is 19.0 Å². The van der Waals surface area contributed by atoms with Crippen LogP contribution in [0, 0.1) is 0 Å². The van der Waals surface area contributed by atoms with Crippen LogP contribution in [0.15, 0.2) is 48.6 Å². The largest absolute Gasteiger partial charge is 0.472 e. The lowest BCUT2D eigenvalue weighted by molar-refractivity contribution is -0.870. The van der Waals surface area contributed by atoms with Crippen molar-refractivity contribution in [1.82, 2.24) is 0 Å². The highest BCUT2D eigenvalue weighted by atomic mass is 31.2. The smallest absolute Gasteiger partial charge is 0.462 e. The predicted octanol–water partition coefficient (Wildman–Crippen LogP) is 18.1. The van der Waals surface area contributed by atoms with Gasteiger partial charge in [-0.2, -0.15) is 0 Å². The van der Waals surface area contributed by atoms with Gasteiger partial charge in [0.25, 0.3) is 0 Å². The maximum absolute atomic E-state index is 12.8. The molecule has 9 nitrogen and oxygen atoms in total. The summed E-state index contributed by atoms with van der Waals surface area (Å²) in [6.07, 6.45) is 64.9. The fourth-order valence-corrected chi connectivity index (χ4v) is 9.00. The minimum Gasteiger partial charge on any atom is -0.462 e. The average Bonchev–Trinajstić information content (AvgIpc) is 3.32. The molecule has 0 saturated carbocycles. The lowest BCUT2D eigenvalue weighted by Crippen LogP contribution is -2.37. The Morgan fingerprint density at radius 1 is 0.443 bits per heavy atom. The summed E-state index contributed by atoms with van der Waals surface area (Å²) < 4.78 is 34.5. The van der Waals surface area contributed by atoms with Crippen molar-refractivity contribution < 1.29 is 42.1 Å². The first-order chi connectivity index (χ1) is 34.0. The van der Waals surface area contributed by atoms with Gasteiger partial charge >= 0.3 is 19.8 Å². The molecule has 0 aliphatic rings. The van der Waals surface area contributed by atoms with Gasteiger partial charge in [-0.25, -0.2) is 4.57 Å². The number of nitrogens with zero attached hydrogens (tertiary/aromatic N) is 1. The number of unbranched alkanes of at least 4 members (excludes halogenated alkanes) is 32. The molecule has 0 fully saturated rings. The van der Waals surface area contributed by atoms with Gasteiger partial charge in [-0.15, -0.1) is 0 Å². The monoisotopic (exact) mass is 1010 g/mol. The van der Waals surface area contributed by atoms with E-state index in [0.717, 1.165) is 51.4 Å². The summed E-state index contributed by atoms with van der Waals surface area (Å²) in [4.78, 5) is 35.6. The molecule has 0 rings (SSSR count). The van der Waals surface area contributed by atoms with Gasteiger partial charge in [-0.1, -0.05) is 229 Å². The van der Waals surface area contributed by atoms with E-state index in [0.29, 0.717) is 23.9 Å². The molecule has 0 bridgehead atoms. The lowest BCUT2D eigenvalue weighted by Gasteiger charge is -2.24. The Kier molecular flexibility index (Phi) is 50.4.